The van der Waals surface area contributed by atoms with E-state index in [1.165, 1.54) is 0 Å². The van der Waals surface area contributed by atoms with E-state index in [0.29, 0.717) is 36.8 Å². The van der Waals surface area contributed by atoms with Gasteiger partial charge in [-0.3, -0.25) is 4.90 Å². The number of anilines is 3. The number of amides is 2. The van der Waals surface area contributed by atoms with E-state index in [9.17, 15) is 4.79 Å². The predicted octanol–water partition coefficient (Wildman–Crippen LogP) is 3.14. The number of pyridine rings is 1. The van der Waals surface area contributed by atoms with Crippen molar-refractivity contribution in [1.29, 1.82) is 0 Å². The molecule has 1 aliphatic heterocycles. The largest absolute Gasteiger partial charge is 0.497 e. The van der Waals surface area contributed by atoms with Gasteiger partial charge in [0.1, 0.15) is 11.5 Å². The van der Waals surface area contributed by atoms with Crippen molar-refractivity contribution in [3.05, 3.63) is 49.2 Å². The van der Waals surface area contributed by atoms with E-state index in [0.717, 1.165) is 11.5 Å². The van der Waals surface area contributed by atoms with Crippen LogP contribution in [0.4, 0.5) is 22.0 Å². The van der Waals surface area contributed by atoms with Crippen LogP contribution in [0, 0.1) is 0 Å². The molecule has 2 amide bonds. The molecule has 7 nitrogen and oxygen atoms in total. The quantitative estimate of drug-likeness (QED) is 0.836. The number of rotatable bonds is 5. The molecule has 0 radical (unpaired) electrons. The molecule has 26 heavy (non-hydrogen) atoms. The van der Waals surface area contributed by atoms with Crippen LogP contribution in [0.3, 0.4) is 0 Å². The highest BCUT2D eigenvalue weighted by atomic mass is 16.5. The summed E-state index contributed by atoms with van der Waals surface area (Å²) < 4.78 is 10.5. The first kappa shape index (κ1) is 17.6. The molecule has 1 aliphatic rings. The number of hydrogen-bond donors (Lipinski definition) is 1. The highest BCUT2D eigenvalue weighted by molar-refractivity contribution is 6.04. The normalized spacial score (nSPS) is 13.0. The zero-order chi connectivity index (χ0) is 18.5. The number of carbonyl (C=O) groups is 1. The molecule has 0 atom stereocenters. The zero-order valence-corrected chi connectivity index (χ0v) is 14.9. The third-order valence-electron chi connectivity index (χ3n) is 4.19. The third-order valence-corrected chi connectivity index (χ3v) is 4.19. The summed E-state index contributed by atoms with van der Waals surface area (Å²) in [6, 6.07) is 8.74. The standard InChI is InChI=1S/C19H22N4O3/c1-4-10-22-11-12-23(16-6-5-9-20-18(16)22)19(24)21-15-8-7-14(25-2)13-17(15)26-3/h4-9,13H,1,10-12H2,2-3H3,(H,21,24). The Hall–Kier alpha value is -3.22. The van der Waals surface area contributed by atoms with Gasteiger partial charge in [0, 0.05) is 31.9 Å². The van der Waals surface area contributed by atoms with Gasteiger partial charge >= 0.3 is 6.03 Å². The fraction of sp³-hybridized carbons (Fsp3) is 0.263. The third kappa shape index (κ3) is 3.42. The fourth-order valence-electron chi connectivity index (χ4n) is 2.92. The molecule has 2 aromatic rings. The number of fused-ring (bicyclic) bond motifs is 1. The van der Waals surface area contributed by atoms with Crippen LogP contribution < -0.4 is 24.6 Å². The van der Waals surface area contributed by atoms with Gasteiger partial charge in [0.05, 0.1) is 25.6 Å². The first-order chi connectivity index (χ1) is 12.7. The summed E-state index contributed by atoms with van der Waals surface area (Å²) in [7, 11) is 3.14. The van der Waals surface area contributed by atoms with E-state index in [4.69, 9.17) is 9.47 Å². The number of nitrogens with zero attached hydrogens (tertiary/aromatic N) is 3. The number of methoxy groups -OCH3 is 2. The van der Waals surface area contributed by atoms with Gasteiger partial charge in [-0.25, -0.2) is 9.78 Å². The van der Waals surface area contributed by atoms with Gasteiger partial charge in [-0.05, 0) is 24.3 Å². The van der Waals surface area contributed by atoms with Gasteiger partial charge in [0.2, 0.25) is 0 Å². The van der Waals surface area contributed by atoms with Gasteiger partial charge < -0.3 is 19.7 Å². The summed E-state index contributed by atoms with van der Waals surface area (Å²) in [4.78, 5) is 21.1. The monoisotopic (exact) mass is 354 g/mol. The maximum absolute atomic E-state index is 12.9. The van der Waals surface area contributed by atoms with E-state index in [-0.39, 0.29) is 6.03 Å². The molecule has 0 fully saturated rings. The molecule has 0 aliphatic carbocycles. The number of ether oxygens (including phenoxy) is 2. The van der Waals surface area contributed by atoms with E-state index < -0.39 is 0 Å². The highest BCUT2D eigenvalue weighted by Crippen LogP contribution is 2.33. The number of urea groups is 1. The van der Waals surface area contributed by atoms with Crippen LogP contribution in [0.15, 0.2) is 49.2 Å². The summed E-state index contributed by atoms with van der Waals surface area (Å²) in [6.45, 7) is 5.71. The summed E-state index contributed by atoms with van der Waals surface area (Å²) in [5, 5.41) is 2.91. The molecule has 0 bridgehead atoms. The lowest BCUT2D eigenvalue weighted by molar-refractivity contribution is 0.256. The summed E-state index contributed by atoms with van der Waals surface area (Å²) in [6.07, 6.45) is 3.55. The van der Waals surface area contributed by atoms with Crippen molar-refractivity contribution >= 4 is 23.2 Å². The zero-order valence-electron chi connectivity index (χ0n) is 14.9. The topological polar surface area (TPSA) is 66.9 Å². The second kappa shape index (κ2) is 7.77. The number of nitrogens with one attached hydrogen (secondary N) is 1. The van der Waals surface area contributed by atoms with Crippen molar-refractivity contribution in [2.24, 2.45) is 0 Å². The van der Waals surface area contributed by atoms with Crippen molar-refractivity contribution in [3.63, 3.8) is 0 Å². The van der Waals surface area contributed by atoms with E-state index in [1.807, 2.05) is 18.2 Å². The van der Waals surface area contributed by atoms with Crippen molar-refractivity contribution in [3.8, 4) is 11.5 Å². The van der Waals surface area contributed by atoms with Crippen LogP contribution in [0.2, 0.25) is 0 Å². The second-order valence-electron chi connectivity index (χ2n) is 5.73. The maximum Gasteiger partial charge on any atom is 0.326 e. The van der Waals surface area contributed by atoms with Gasteiger partial charge in [0.15, 0.2) is 5.82 Å². The minimum Gasteiger partial charge on any atom is -0.497 e. The first-order valence-corrected chi connectivity index (χ1v) is 8.29. The van der Waals surface area contributed by atoms with E-state index in [2.05, 4.69) is 21.8 Å². The van der Waals surface area contributed by atoms with E-state index in [1.54, 1.807) is 43.5 Å². The second-order valence-corrected chi connectivity index (χ2v) is 5.73. The van der Waals surface area contributed by atoms with Crippen LogP contribution in [0.25, 0.3) is 0 Å². The fourth-order valence-corrected chi connectivity index (χ4v) is 2.92. The molecule has 3 rings (SSSR count). The Morgan fingerprint density at radius 1 is 1.31 bits per heavy atom. The van der Waals surface area contributed by atoms with Gasteiger partial charge in [-0.1, -0.05) is 6.08 Å². The molecule has 7 heteroatoms. The molecule has 0 saturated heterocycles. The van der Waals surface area contributed by atoms with Crippen LogP contribution in [-0.4, -0.2) is 44.9 Å². The predicted molar refractivity (Wildman–Crippen MR) is 103 cm³/mol. The molecule has 0 unspecified atom stereocenters. The van der Waals surface area contributed by atoms with Crippen molar-refractivity contribution in [2.45, 2.75) is 0 Å². The molecule has 136 valence electrons. The number of carbonyl (C=O) groups excluding carboxylic acids is 1. The maximum atomic E-state index is 12.9. The van der Waals surface area contributed by atoms with E-state index >= 15 is 0 Å². The Kier molecular flexibility index (Phi) is 5.26. The minimum absolute atomic E-state index is 0.235. The molecule has 0 spiro atoms. The average molecular weight is 354 g/mol. The van der Waals surface area contributed by atoms with Gasteiger partial charge in [0.25, 0.3) is 0 Å². The molecular weight excluding hydrogens is 332 g/mol. The van der Waals surface area contributed by atoms with Crippen molar-refractivity contribution in [2.75, 3.05) is 49.0 Å². The average Bonchev–Trinajstić information content (AvgIpc) is 2.68. The molecule has 0 saturated carbocycles. The summed E-state index contributed by atoms with van der Waals surface area (Å²) in [5.74, 6) is 1.97. The summed E-state index contributed by atoms with van der Waals surface area (Å²) in [5.41, 5.74) is 1.35. The number of benzene rings is 1. The number of hydrogen-bond acceptors (Lipinski definition) is 5. The lowest BCUT2D eigenvalue weighted by Gasteiger charge is -2.36. The lowest BCUT2D eigenvalue weighted by atomic mass is 10.2. The smallest absolute Gasteiger partial charge is 0.326 e. The molecule has 1 aromatic carbocycles. The SMILES string of the molecule is C=CCN1CCN(C(=O)Nc2ccc(OC)cc2OC)c2cccnc21. The molecule has 1 N–H and O–H groups in total. The Bertz CT molecular complexity index is 809. The van der Waals surface area contributed by atoms with Crippen LogP contribution in [-0.2, 0) is 0 Å². The Labute approximate surface area is 152 Å². The molecule has 2 heterocycles. The molecular formula is C19H22N4O3. The Balaban J connectivity index is 1.84. The van der Waals surface area contributed by atoms with Crippen molar-refractivity contribution < 1.29 is 14.3 Å². The Morgan fingerprint density at radius 2 is 2.15 bits per heavy atom. The first-order valence-electron chi connectivity index (χ1n) is 8.29. The lowest BCUT2D eigenvalue weighted by Crippen LogP contribution is -2.46. The highest BCUT2D eigenvalue weighted by Gasteiger charge is 2.27. The molecule has 1 aromatic heterocycles. The van der Waals surface area contributed by atoms with Gasteiger partial charge in [-0.2, -0.15) is 0 Å². The summed E-state index contributed by atoms with van der Waals surface area (Å²) >= 11 is 0. The Morgan fingerprint density at radius 3 is 2.88 bits per heavy atom. The van der Waals surface area contributed by atoms with Crippen LogP contribution >= 0.6 is 0 Å². The minimum atomic E-state index is -0.235. The van der Waals surface area contributed by atoms with Gasteiger partial charge in [-0.15, -0.1) is 6.58 Å². The van der Waals surface area contributed by atoms with Crippen LogP contribution in [0.1, 0.15) is 0 Å². The van der Waals surface area contributed by atoms with Crippen LogP contribution in [0.5, 0.6) is 11.5 Å². The number of aromatic nitrogens is 1. The van der Waals surface area contributed by atoms with Crippen molar-refractivity contribution in [1.82, 2.24) is 4.98 Å².